The first-order valence-corrected chi connectivity index (χ1v) is 8.75. The third-order valence-corrected chi connectivity index (χ3v) is 4.61. The molecule has 2 heterocycles. The fourth-order valence-corrected chi connectivity index (χ4v) is 3.37. The first-order chi connectivity index (χ1) is 11.7. The number of piperidine rings is 1. The number of rotatable bonds is 6. The SMILES string of the molecule is Cc1cccc(CN2CCCC[C@H]2C(=O)NCCn2ccnc2)c1. The van der Waals surface area contributed by atoms with Crippen molar-refractivity contribution < 1.29 is 4.79 Å². The molecule has 24 heavy (non-hydrogen) atoms. The Morgan fingerprint density at radius 3 is 3.08 bits per heavy atom. The topological polar surface area (TPSA) is 50.2 Å². The van der Waals surface area contributed by atoms with Crippen molar-refractivity contribution in [1.82, 2.24) is 19.8 Å². The molecule has 0 saturated carbocycles. The number of hydrogen-bond acceptors (Lipinski definition) is 3. The molecule has 2 aromatic rings. The zero-order valence-corrected chi connectivity index (χ0v) is 14.3. The molecule has 0 unspecified atom stereocenters. The Morgan fingerprint density at radius 1 is 1.38 bits per heavy atom. The molecule has 0 bridgehead atoms. The minimum absolute atomic E-state index is 0.0120. The molecule has 5 heteroatoms. The van der Waals surface area contributed by atoms with Crippen LogP contribution in [0.2, 0.25) is 0 Å². The van der Waals surface area contributed by atoms with E-state index in [0.29, 0.717) is 6.54 Å². The highest BCUT2D eigenvalue weighted by atomic mass is 16.2. The molecule has 3 rings (SSSR count). The van der Waals surface area contributed by atoms with Gasteiger partial charge < -0.3 is 9.88 Å². The minimum Gasteiger partial charge on any atom is -0.353 e. The third-order valence-electron chi connectivity index (χ3n) is 4.61. The molecule has 128 valence electrons. The van der Waals surface area contributed by atoms with Crippen LogP contribution in [0.25, 0.3) is 0 Å². The van der Waals surface area contributed by atoms with Gasteiger partial charge in [0, 0.05) is 32.0 Å². The Labute approximate surface area is 143 Å². The van der Waals surface area contributed by atoms with E-state index in [9.17, 15) is 4.79 Å². The van der Waals surface area contributed by atoms with Crippen LogP contribution in [0, 0.1) is 6.92 Å². The van der Waals surface area contributed by atoms with Crippen molar-refractivity contribution in [3.05, 3.63) is 54.1 Å². The van der Waals surface area contributed by atoms with Gasteiger partial charge in [-0.15, -0.1) is 0 Å². The number of amides is 1. The molecule has 1 aromatic heterocycles. The average Bonchev–Trinajstić information content (AvgIpc) is 3.09. The average molecular weight is 326 g/mol. The van der Waals surface area contributed by atoms with Crippen LogP contribution in [0.15, 0.2) is 43.0 Å². The molecule has 1 atom stereocenters. The van der Waals surface area contributed by atoms with Gasteiger partial charge in [0.1, 0.15) is 0 Å². The molecule has 1 aliphatic rings. The Hall–Kier alpha value is -2.14. The molecular formula is C19H26N4O. The number of carbonyl (C=O) groups excluding carboxylic acids is 1. The zero-order valence-electron chi connectivity index (χ0n) is 14.3. The molecule has 1 fully saturated rings. The Kier molecular flexibility index (Phi) is 5.64. The highest BCUT2D eigenvalue weighted by Gasteiger charge is 2.28. The lowest BCUT2D eigenvalue weighted by atomic mass is 10.00. The number of nitrogens with one attached hydrogen (secondary N) is 1. The molecular weight excluding hydrogens is 300 g/mol. The van der Waals surface area contributed by atoms with Crippen molar-refractivity contribution >= 4 is 5.91 Å². The van der Waals surface area contributed by atoms with Gasteiger partial charge >= 0.3 is 0 Å². The van der Waals surface area contributed by atoms with Gasteiger partial charge in [-0.2, -0.15) is 0 Å². The summed E-state index contributed by atoms with van der Waals surface area (Å²) < 4.78 is 1.98. The second-order valence-electron chi connectivity index (χ2n) is 6.56. The van der Waals surface area contributed by atoms with E-state index in [1.165, 1.54) is 17.5 Å². The predicted molar refractivity (Wildman–Crippen MR) is 94.5 cm³/mol. The lowest BCUT2D eigenvalue weighted by Gasteiger charge is -2.34. The largest absolute Gasteiger partial charge is 0.353 e. The summed E-state index contributed by atoms with van der Waals surface area (Å²) in [6.45, 7) is 5.36. The van der Waals surface area contributed by atoms with E-state index < -0.39 is 0 Å². The summed E-state index contributed by atoms with van der Waals surface area (Å²) in [6.07, 6.45) is 8.69. The smallest absolute Gasteiger partial charge is 0.237 e. The second kappa shape index (κ2) is 8.11. The van der Waals surface area contributed by atoms with Gasteiger partial charge in [0.15, 0.2) is 0 Å². The Morgan fingerprint density at radius 2 is 2.29 bits per heavy atom. The van der Waals surface area contributed by atoms with Gasteiger partial charge in [0.25, 0.3) is 0 Å². The highest BCUT2D eigenvalue weighted by Crippen LogP contribution is 2.20. The van der Waals surface area contributed by atoms with E-state index in [2.05, 4.69) is 46.4 Å². The first-order valence-electron chi connectivity index (χ1n) is 8.75. The molecule has 1 amide bonds. The van der Waals surface area contributed by atoms with Crippen molar-refractivity contribution in [2.75, 3.05) is 13.1 Å². The van der Waals surface area contributed by atoms with Gasteiger partial charge in [-0.25, -0.2) is 4.98 Å². The van der Waals surface area contributed by atoms with Gasteiger partial charge in [-0.1, -0.05) is 36.2 Å². The maximum Gasteiger partial charge on any atom is 0.237 e. The van der Waals surface area contributed by atoms with Crippen molar-refractivity contribution in [2.24, 2.45) is 0 Å². The first kappa shape index (κ1) is 16.7. The van der Waals surface area contributed by atoms with Crippen LogP contribution >= 0.6 is 0 Å². The second-order valence-corrected chi connectivity index (χ2v) is 6.56. The summed E-state index contributed by atoms with van der Waals surface area (Å²) in [5.41, 5.74) is 2.55. The van der Waals surface area contributed by atoms with Gasteiger partial charge in [-0.05, 0) is 31.9 Å². The fourth-order valence-electron chi connectivity index (χ4n) is 3.37. The molecule has 1 aromatic carbocycles. The number of likely N-dealkylation sites (tertiary alicyclic amines) is 1. The van der Waals surface area contributed by atoms with E-state index >= 15 is 0 Å². The number of aryl methyl sites for hydroxylation is 1. The van der Waals surface area contributed by atoms with Crippen LogP contribution in [-0.2, 0) is 17.9 Å². The Balaban J connectivity index is 1.55. The van der Waals surface area contributed by atoms with Crippen molar-refractivity contribution in [2.45, 2.75) is 45.3 Å². The van der Waals surface area contributed by atoms with Crippen LogP contribution in [0.1, 0.15) is 30.4 Å². The number of aromatic nitrogens is 2. The van der Waals surface area contributed by atoms with Gasteiger partial charge in [0.05, 0.1) is 12.4 Å². The molecule has 0 radical (unpaired) electrons. The van der Waals surface area contributed by atoms with Crippen molar-refractivity contribution in [3.63, 3.8) is 0 Å². The molecule has 1 aliphatic heterocycles. The number of carbonyl (C=O) groups is 1. The number of benzene rings is 1. The van der Waals surface area contributed by atoms with Crippen LogP contribution in [0.3, 0.4) is 0 Å². The van der Waals surface area contributed by atoms with Crippen LogP contribution < -0.4 is 5.32 Å². The summed E-state index contributed by atoms with van der Waals surface area (Å²) in [5.74, 6) is 0.155. The maximum absolute atomic E-state index is 12.6. The third kappa shape index (κ3) is 4.45. The van der Waals surface area contributed by atoms with E-state index in [4.69, 9.17) is 0 Å². The number of imidazole rings is 1. The quantitative estimate of drug-likeness (QED) is 0.886. The summed E-state index contributed by atoms with van der Waals surface area (Å²) in [5, 5.41) is 3.09. The molecule has 1 saturated heterocycles. The number of hydrogen-bond donors (Lipinski definition) is 1. The summed E-state index contributed by atoms with van der Waals surface area (Å²) >= 11 is 0. The Bertz CT molecular complexity index is 653. The molecule has 5 nitrogen and oxygen atoms in total. The van der Waals surface area contributed by atoms with E-state index in [0.717, 1.165) is 32.5 Å². The zero-order chi connectivity index (χ0) is 16.8. The van der Waals surface area contributed by atoms with Crippen LogP contribution in [0.5, 0.6) is 0 Å². The van der Waals surface area contributed by atoms with E-state index in [1.54, 1.807) is 12.5 Å². The van der Waals surface area contributed by atoms with E-state index in [1.807, 2.05) is 10.8 Å². The fraction of sp³-hybridized carbons (Fsp3) is 0.474. The summed E-state index contributed by atoms with van der Waals surface area (Å²) in [6, 6.07) is 8.55. The monoisotopic (exact) mass is 326 g/mol. The summed E-state index contributed by atoms with van der Waals surface area (Å²) in [7, 11) is 0. The normalized spacial score (nSPS) is 18.5. The molecule has 1 N–H and O–H groups in total. The lowest BCUT2D eigenvalue weighted by molar-refractivity contribution is -0.127. The van der Waals surface area contributed by atoms with E-state index in [-0.39, 0.29) is 11.9 Å². The predicted octanol–water partition coefficient (Wildman–Crippen LogP) is 2.36. The van der Waals surface area contributed by atoms with Gasteiger partial charge in [0.2, 0.25) is 5.91 Å². The van der Waals surface area contributed by atoms with Crippen LogP contribution in [0.4, 0.5) is 0 Å². The summed E-state index contributed by atoms with van der Waals surface area (Å²) in [4.78, 5) is 19.0. The maximum atomic E-state index is 12.6. The molecule has 0 aliphatic carbocycles. The van der Waals surface area contributed by atoms with Crippen molar-refractivity contribution in [3.8, 4) is 0 Å². The molecule has 0 spiro atoms. The highest BCUT2D eigenvalue weighted by molar-refractivity contribution is 5.81. The standard InChI is InChI=1S/C19H26N4O/c1-16-5-4-6-17(13-16)14-23-10-3-2-7-18(23)19(24)21-9-12-22-11-8-20-15-22/h4-6,8,11,13,15,18H,2-3,7,9-10,12,14H2,1H3,(H,21,24)/t18-/m0/s1. The van der Waals surface area contributed by atoms with Crippen molar-refractivity contribution in [1.29, 1.82) is 0 Å². The van der Waals surface area contributed by atoms with Crippen LogP contribution in [-0.4, -0.2) is 39.5 Å². The van der Waals surface area contributed by atoms with Gasteiger partial charge in [-0.3, -0.25) is 9.69 Å². The lowest BCUT2D eigenvalue weighted by Crippen LogP contribution is -2.49. The number of nitrogens with zero attached hydrogens (tertiary/aromatic N) is 3. The minimum atomic E-state index is -0.0120.